The van der Waals surface area contributed by atoms with E-state index >= 15 is 0 Å². The largest absolute Gasteiger partial charge is 0.381 e. The van der Waals surface area contributed by atoms with Crippen molar-refractivity contribution in [1.82, 2.24) is 10.2 Å². The SMILES string of the molecule is CCSC1(CNC(=NC)N(C)Cc2ccc(Br)cc2)CCOCC1.I. The molecule has 25 heavy (non-hydrogen) atoms. The minimum absolute atomic E-state index is 0. The second kappa shape index (κ2) is 11.7. The third kappa shape index (κ3) is 7.27. The number of hydrogen-bond donors (Lipinski definition) is 1. The van der Waals surface area contributed by atoms with E-state index in [0.29, 0.717) is 0 Å². The average Bonchev–Trinajstić information content (AvgIpc) is 2.58. The van der Waals surface area contributed by atoms with E-state index in [-0.39, 0.29) is 28.7 Å². The van der Waals surface area contributed by atoms with Crippen LogP contribution < -0.4 is 5.32 Å². The lowest BCUT2D eigenvalue weighted by molar-refractivity contribution is 0.0780. The summed E-state index contributed by atoms with van der Waals surface area (Å²) in [6.07, 6.45) is 2.21. The van der Waals surface area contributed by atoms with Gasteiger partial charge < -0.3 is 15.0 Å². The Balaban J connectivity index is 0.00000312. The molecule has 0 spiro atoms. The predicted molar refractivity (Wildman–Crippen MR) is 123 cm³/mol. The molecule has 0 bridgehead atoms. The summed E-state index contributed by atoms with van der Waals surface area (Å²) in [6, 6.07) is 8.43. The van der Waals surface area contributed by atoms with Gasteiger partial charge in [0.15, 0.2) is 5.96 Å². The molecule has 1 heterocycles. The van der Waals surface area contributed by atoms with Gasteiger partial charge in [-0.1, -0.05) is 35.0 Å². The summed E-state index contributed by atoms with van der Waals surface area (Å²) < 4.78 is 6.93. The summed E-state index contributed by atoms with van der Waals surface area (Å²) >= 11 is 5.53. The van der Waals surface area contributed by atoms with E-state index in [1.54, 1.807) is 0 Å². The van der Waals surface area contributed by atoms with Gasteiger partial charge in [0.25, 0.3) is 0 Å². The number of nitrogens with one attached hydrogen (secondary N) is 1. The third-order valence-corrected chi connectivity index (χ3v) is 6.31. The van der Waals surface area contributed by atoms with E-state index in [0.717, 1.165) is 55.3 Å². The standard InChI is InChI=1S/C18H28BrN3OS.HI/c1-4-24-18(9-11-23-12-10-18)14-21-17(20-2)22(3)13-15-5-7-16(19)8-6-15;/h5-8H,4,9-14H2,1-3H3,(H,20,21);1H. The summed E-state index contributed by atoms with van der Waals surface area (Å²) in [6.45, 7) is 5.73. The lowest BCUT2D eigenvalue weighted by Crippen LogP contribution is -2.48. The van der Waals surface area contributed by atoms with Gasteiger partial charge in [-0.15, -0.1) is 24.0 Å². The molecule has 0 unspecified atom stereocenters. The molecule has 1 aliphatic heterocycles. The van der Waals surface area contributed by atoms with Gasteiger partial charge in [0.05, 0.1) is 0 Å². The lowest BCUT2D eigenvalue weighted by atomic mass is 9.99. The molecule has 1 aromatic carbocycles. The van der Waals surface area contributed by atoms with Crippen molar-refractivity contribution >= 4 is 57.6 Å². The maximum absolute atomic E-state index is 5.55. The molecule has 1 aromatic rings. The maximum Gasteiger partial charge on any atom is 0.193 e. The average molecular weight is 542 g/mol. The summed E-state index contributed by atoms with van der Waals surface area (Å²) in [4.78, 5) is 6.63. The van der Waals surface area contributed by atoms with Crippen LogP contribution in [-0.2, 0) is 11.3 Å². The van der Waals surface area contributed by atoms with Crippen LogP contribution in [0.1, 0.15) is 25.3 Å². The topological polar surface area (TPSA) is 36.9 Å². The Morgan fingerprint density at radius 3 is 2.52 bits per heavy atom. The van der Waals surface area contributed by atoms with Crippen LogP contribution in [-0.4, -0.2) is 55.2 Å². The molecule has 1 N–H and O–H groups in total. The monoisotopic (exact) mass is 541 g/mol. The highest BCUT2D eigenvalue weighted by atomic mass is 127. The van der Waals surface area contributed by atoms with Crippen molar-refractivity contribution in [3.8, 4) is 0 Å². The van der Waals surface area contributed by atoms with Crippen molar-refractivity contribution in [3.63, 3.8) is 0 Å². The fourth-order valence-corrected chi connectivity index (χ4v) is 4.49. The van der Waals surface area contributed by atoms with Gasteiger partial charge in [-0.05, 0) is 36.3 Å². The maximum atomic E-state index is 5.55. The Bertz CT molecular complexity index is 530. The van der Waals surface area contributed by atoms with Gasteiger partial charge in [0, 0.05) is 49.6 Å². The quantitative estimate of drug-likeness (QED) is 0.329. The van der Waals surface area contributed by atoms with E-state index in [9.17, 15) is 0 Å². The minimum atomic E-state index is 0. The summed E-state index contributed by atoms with van der Waals surface area (Å²) in [5, 5.41) is 3.59. The van der Waals surface area contributed by atoms with E-state index in [1.807, 2.05) is 18.8 Å². The highest BCUT2D eigenvalue weighted by Gasteiger charge is 2.32. The first-order valence-corrected chi connectivity index (χ1v) is 10.2. The Hall–Kier alpha value is 0.01000. The first-order chi connectivity index (χ1) is 11.6. The number of halogens is 2. The predicted octanol–water partition coefficient (Wildman–Crippen LogP) is 4.38. The Kier molecular flexibility index (Phi) is 10.8. The molecule has 0 radical (unpaired) electrons. The Morgan fingerprint density at radius 2 is 1.96 bits per heavy atom. The molecule has 2 rings (SSSR count). The van der Waals surface area contributed by atoms with Crippen molar-refractivity contribution in [2.75, 3.05) is 39.6 Å². The fraction of sp³-hybridized carbons (Fsp3) is 0.611. The summed E-state index contributed by atoms with van der Waals surface area (Å²) in [5.74, 6) is 2.08. The molecular weight excluding hydrogens is 513 g/mol. The fourth-order valence-electron chi connectivity index (χ4n) is 2.99. The van der Waals surface area contributed by atoms with Gasteiger partial charge in [-0.2, -0.15) is 11.8 Å². The normalized spacial score (nSPS) is 16.9. The van der Waals surface area contributed by atoms with Crippen molar-refractivity contribution in [1.29, 1.82) is 0 Å². The zero-order valence-corrected chi connectivity index (χ0v) is 20.0. The van der Waals surface area contributed by atoms with Crippen LogP contribution in [0.5, 0.6) is 0 Å². The van der Waals surface area contributed by atoms with Crippen LogP contribution in [0.2, 0.25) is 0 Å². The molecule has 0 saturated carbocycles. The number of thioether (sulfide) groups is 1. The zero-order chi connectivity index (χ0) is 17.4. The van der Waals surface area contributed by atoms with Gasteiger partial charge >= 0.3 is 0 Å². The second-order valence-corrected chi connectivity index (χ2v) is 8.76. The van der Waals surface area contributed by atoms with Crippen molar-refractivity contribution in [3.05, 3.63) is 34.3 Å². The van der Waals surface area contributed by atoms with Crippen molar-refractivity contribution in [2.45, 2.75) is 31.1 Å². The van der Waals surface area contributed by atoms with E-state index in [1.165, 1.54) is 5.56 Å². The molecule has 4 nitrogen and oxygen atoms in total. The van der Waals surface area contributed by atoms with Crippen LogP contribution in [0.4, 0.5) is 0 Å². The number of rotatable bonds is 6. The van der Waals surface area contributed by atoms with Crippen LogP contribution in [0.25, 0.3) is 0 Å². The summed E-state index contributed by atoms with van der Waals surface area (Å²) in [7, 11) is 3.94. The molecule has 142 valence electrons. The Morgan fingerprint density at radius 1 is 1.32 bits per heavy atom. The van der Waals surface area contributed by atoms with Gasteiger partial charge in [-0.3, -0.25) is 4.99 Å². The number of benzene rings is 1. The highest BCUT2D eigenvalue weighted by molar-refractivity contribution is 14.0. The number of hydrogen-bond acceptors (Lipinski definition) is 3. The van der Waals surface area contributed by atoms with Gasteiger partial charge in [0.2, 0.25) is 0 Å². The van der Waals surface area contributed by atoms with Crippen LogP contribution in [0.3, 0.4) is 0 Å². The number of ether oxygens (including phenoxy) is 1. The number of nitrogens with zero attached hydrogens (tertiary/aromatic N) is 2. The van der Waals surface area contributed by atoms with E-state index in [4.69, 9.17) is 4.74 Å². The summed E-state index contributed by atoms with van der Waals surface area (Å²) in [5.41, 5.74) is 1.27. The minimum Gasteiger partial charge on any atom is -0.381 e. The zero-order valence-electron chi connectivity index (χ0n) is 15.3. The molecule has 0 aromatic heterocycles. The molecule has 0 aliphatic carbocycles. The molecule has 0 amide bonds. The Labute approximate surface area is 181 Å². The highest BCUT2D eigenvalue weighted by Crippen LogP contribution is 2.34. The van der Waals surface area contributed by atoms with Crippen LogP contribution in [0.15, 0.2) is 33.7 Å². The molecule has 7 heteroatoms. The van der Waals surface area contributed by atoms with Crippen molar-refractivity contribution < 1.29 is 4.74 Å². The smallest absolute Gasteiger partial charge is 0.193 e. The molecule has 0 atom stereocenters. The number of guanidine groups is 1. The van der Waals surface area contributed by atoms with Gasteiger partial charge in [-0.25, -0.2) is 0 Å². The second-order valence-electron chi connectivity index (χ2n) is 6.11. The molecular formula is C18H29BrIN3OS. The van der Waals surface area contributed by atoms with Crippen LogP contribution in [0, 0.1) is 0 Å². The first-order valence-electron chi connectivity index (χ1n) is 8.46. The lowest BCUT2D eigenvalue weighted by Gasteiger charge is -2.37. The van der Waals surface area contributed by atoms with E-state index in [2.05, 4.69) is 69.4 Å². The number of aliphatic imine (C=N–C) groups is 1. The third-order valence-electron chi connectivity index (χ3n) is 4.33. The van der Waals surface area contributed by atoms with Crippen molar-refractivity contribution in [2.24, 2.45) is 4.99 Å². The molecule has 1 aliphatic rings. The first kappa shape index (κ1) is 23.0. The van der Waals surface area contributed by atoms with Crippen LogP contribution >= 0.6 is 51.7 Å². The molecule has 1 fully saturated rings. The van der Waals surface area contributed by atoms with Gasteiger partial charge in [0.1, 0.15) is 0 Å². The van der Waals surface area contributed by atoms with E-state index < -0.39 is 0 Å². The molecule has 1 saturated heterocycles.